The minimum atomic E-state index is -0.194. The van der Waals surface area contributed by atoms with Crippen LogP contribution in [-0.2, 0) is 6.54 Å². The van der Waals surface area contributed by atoms with Crippen molar-refractivity contribution >= 4 is 5.91 Å². The fourth-order valence-corrected chi connectivity index (χ4v) is 2.18. The summed E-state index contributed by atoms with van der Waals surface area (Å²) in [5.74, 6) is 0.294. The predicted molar refractivity (Wildman–Crippen MR) is 84.3 cm³/mol. The Morgan fingerprint density at radius 2 is 1.82 bits per heavy atom. The van der Waals surface area contributed by atoms with Crippen LogP contribution in [0.5, 0.6) is 0 Å². The molecule has 1 heterocycles. The molecule has 3 rings (SSSR count). The van der Waals surface area contributed by atoms with E-state index in [0.29, 0.717) is 17.9 Å². The lowest BCUT2D eigenvalue weighted by molar-refractivity contribution is 0.0951. The van der Waals surface area contributed by atoms with Crippen molar-refractivity contribution in [3.63, 3.8) is 0 Å². The molecule has 0 aliphatic heterocycles. The van der Waals surface area contributed by atoms with Crippen molar-refractivity contribution in [2.24, 2.45) is 0 Å². The molecule has 0 saturated carbocycles. The highest BCUT2D eigenvalue weighted by Gasteiger charge is 2.17. The van der Waals surface area contributed by atoms with Gasteiger partial charge in [0.2, 0.25) is 0 Å². The van der Waals surface area contributed by atoms with Crippen LogP contribution >= 0.6 is 0 Å². The van der Waals surface area contributed by atoms with E-state index in [9.17, 15) is 4.79 Å². The van der Waals surface area contributed by atoms with Crippen molar-refractivity contribution in [1.29, 1.82) is 0 Å². The number of hydrogen-bond acceptors (Lipinski definition) is 3. The molecule has 0 atom stereocenters. The Hall–Kier alpha value is -2.88. The molecule has 0 aliphatic carbocycles. The van der Waals surface area contributed by atoms with E-state index in [0.717, 1.165) is 11.1 Å². The van der Waals surface area contributed by atoms with Crippen molar-refractivity contribution in [2.45, 2.75) is 13.5 Å². The van der Waals surface area contributed by atoms with Gasteiger partial charge >= 0.3 is 0 Å². The molecule has 3 aromatic rings. The quantitative estimate of drug-likeness (QED) is 0.799. The van der Waals surface area contributed by atoms with Crippen LogP contribution in [0.4, 0.5) is 0 Å². The first kappa shape index (κ1) is 14.1. The first-order valence-electron chi connectivity index (χ1n) is 7.08. The predicted octanol–water partition coefficient (Wildman–Crippen LogP) is 3.58. The third-order valence-corrected chi connectivity index (χ3v) is 3.42. The molecule has 0 fully saturated rings. The summed E-state index contributed by atoms with van der Waals surface area (Å²) < 4.78 is 5.23. The lowest BCUT2D eigenvalue weighted by Crippen LogP contribution is -2.22. The number of nitrogens with zero attached hydrogens (tertiary/aromatic N) is 1. The van der Waals surface area contributed by atoms with Gasteiger partial charge in [0.05, 0.1) is 6.20 Å². The van der Waals surface area contributed by atoms with E-state index in [-0.39, 0.29) is 5.91 Å². The number of carbonyl (C=O) groups is 1. The maximum atomic E-state index is 12.3. The van der Waals surface area contributed by atoms with Gasteiger partial charge in [0.15, 0.2) is 5.76 Å². The van der Waals surface area contributed by atoms with Crippen LogP contribution in [0.3, 0.4) is 0 Å². The van der Waals surface area contributed by atoms with E-state index in [1.165, 1.54) is 11.8 Å². The third kappa shape index (κ3) is 3.06. The standard InChI is InChI=1S/C18H16N2O2/c1-13-7-9-14(10-8-13)11-19-18(21)16-12-20-22-17(16)15-5-3-2-4-6-15/h2-10,12H,11H2,1H3,(H,19,21). The minimum Gasteiger partial charge on any atom is -0.355 e. The monoisotopic (exact) mass is 292 g/mol. The normalized spacial score (nSPS) is 10.4. The van der Waals surface area contributed by atoms with Gasteiger partial charge in [-0.15, -0.1) is 0 Å². The van der Waals surface area contributed by atoms with Gasteiger partial charge in [0, 0.05) is 12.1 Å². The highest BCUT2D eigenvalue weighted by atomic mass is 16.5. The average Bonchev–Trinajstić information content (AvgIpc) is 3.04. The smallest absolute Gasteiger partial charge is 0.257 e. The van der Waals surface area contributed by atoms with Crippen LogP contribution in [0.1, 0.15) is 21.5 Å². The Bertz CT molecular complexity index is 761. The minimum absolute atomic E-state index is 0.194. The van der Waals surface area contributed by atoms with Gasteiger partial charge in [-0.3, -0.25) is 4.79 Å². The van der Waals surface area contributed by atoms with E-state index in [4.69, 9.17) is 4.52 Å². The molecule has 0 aliphatic rings. The van der Waals surface area contributed by atoms with Gasteiger partial charge in [-0.25, -0.2) is 0 Å². The number of aryl methyl sites for hydroxylation is 1. The highest BCUT2D eigenvalue weighted by Crippen LogP contribution is 2.23. The van der Waals surface area contributed by atoms with Crippen molar-refractivity contribution < 1.29 is 9.32 Å². The van der Waals surface area contributed by atoms with Crippen molar-refractivity contribution in [3.05, 3.63) is 77.5 Å². The summed E-state index contributed by atoms with van der Waals surface area (Å²) >= 11 is 0. The molecule has 0 radical (unpaired) electrons. The Morgan fingerprint density at radius 1 is 1.09 bits per heavy atom. The maximum Gasteiger partial charge on any atom is 0.257 e. The van der Waals surface area contributed by atoms with Crippen molar-refractivity contribution in [1.82, 2.24) is 10.5 Å². The number of hydrogen-bond donors (Lipinski definition) is 1. The molecule has 1 N–H and O–H groups in total. The topological polar surface area (TPSA) is 55.1 Å². The van der Waals surface area contributed by atoms with Gasteiger partial charge in [-0.2, -0.15) is 0 Å². The SMILES string of the molecule is Cc1ccc(CNC(=O)c2cnoc2-c2ccccc2)cc1. The summed E-state index contributed by atoms with van der Waals surface area (Å²) in [5, 5.41) is 6.64. The zero-order chi connectivity index (χ0) is 15.4. The van der Waals surface area contributed by atoms with Crippen LogP contribution in [0.2, 0.25) is 0 Å². The lowest BCUT2D eigenvalue weighted by Gasteiger charge is -2.05. The van der Waals surface area contributed by atoms with Crippen molar-refractivity contribution in [2.75, 3.05) is 0 Å². The maximum absolute atomic E-state index is 12.3. The summed E-state index contributed by atoms with van der Waals surface area (Å²) in [6, 6.07) is 17.5. The second kappa shape index (κ2) is 6.26. The number of amides is 1. The summed E-state index contributed by atoms with van der Waals surface area (Å²) in [4.78, 5) is 12.3. The highest BCUT2D eigenvalue weighted by molar-refractivity contribution is 5.99. The van der Waals surface area contributed by atoms with E-state index in [2.05, 4.69) is 10.5 Å². The molecular weight excluding hydrogens is 276 g/mol. The molecule has 0 spiro atoms. The summed E-state index contributed by atoms with van der Waals surface area (Å²) in [7, 11) is 0. The zero-order valence-corrected chi connectivity index (χ0v) is 12.2. The van der Waals surface area contributed by atoms with Gasteiger partial charge in [-0.1, -0.05) is 65.3 Å². The molecule has 110 valence electrons. The molecule has 1 aromatic heterocycles. The second-order valence-corrected chi connectivity index (χ2v) is 5.10. The molecule has 4 heteroatoms. The second-order valence-electron chi connectivity index (χ2n) is 5.10. The van der Waals surface area contributed by atoms with Crippen LogP contribution in [0.15, 0.2) is 65.3 Å². The Labute approximate surface area is 128 Å². The van der Waals surface area contributed by atoms with Gasteiger partial charge < -0.3 is 9.84 Å². The Morgan fingerprint density at radius 3 is 2.55 bits per heavy atom. The van der Waals surface area contributed by atoms with Gasteiger partial charge in [0.25, 0.3) is 5.91 Å². The zero-order valence-electron chi connectivity index (χ0n) is 12.2. The molecule has 0 unspecified atom stereocenters. The van der Waals surface area contributed by atoms with E-state index < -0.39 is 0 Å². The first-order chi connectivity index (χ1) is 10.7. The number of nitrogens with one attached hydrogen (secondary N) is 1. The van der Waals surface area contributed by atoms with Crippen LogP contribution in [0.25, 0.3) is 11.3 Å². The Balaban J connectivity index is 1.73. The molecule has 4 nitrogen and oxygen atoms in total. The fourth-order valence-electron chi connectivity index (χ4n) is 2.18. The van der Waals surface area contributed by atoms with E-state index >= 15 is 0 Å². The van der Waals surface area contributed by atoms with E-state index in [1.807, 2.05) is 61.5 Å². The lowest BCUT2D eigenvalue weighted by atomic mass is 10.1. The summed E-state index contributed by atoms with van der Waals surface area (Å²) in [6.07, 6.45) is 1.45. The van der Waals surface area contributed by atoms with Gasteiger partial charge in [0.1, 0.15) is 5.56 Å². The average molecular weight is 292 g/mol. The van der Waals surface area contributed by atoms with Crippen LogP contribution in [0, 0.1) is 6.92 Å². The molecule has 1 amide bonds. The Kier molecular flexibility index (Phi) is 4.01. The first-order valence-corrected chi connectivity index (χ1v) is 7.08. The van der Waals surface area contributed by atoms with Gasteiger partial charge in [-0.05, 0) is 12.5 Å². The van der Waals surface area contributed by atoms with E-state index in [1.54, 1.807) is 0 Å². The van der Waals surface area contributed by atoms with Crippen molar-refractivity contribution in [3.8, 4) is 11.3 Å². The number of aromatic nitrogens is 1. The molecular formula is C18H16N2O2. The number of rotatable bonds is 4. The molecule has 2 aromatic carbocycles. The molecule has 0 saturated heterocycles. The largest absolute Gasteiger partial charge is 0.355 e. The number of carbonyl (C=O) groups excluding carboxylic acids is 1. The summed E-state index contributed by atoms with van der Waals surface area (Å²) in [5.41, 5.74) is 3.52. The molecule has 0 bridgehead atoms. The fraction of sp³-hybridized carbons (Fsp3) is 0.111. The molecule has 22 heavy (non-hydrogen) atoms. The third-order valence-electron chi connectivity index (χ3n) is 3.42. The van der Waals surface area contributed by atoms with Crippen LogP contribution < -0.4 is 5.32 Å². The summed E-state index contributed by atoms with van der Waals surface area (Å²) in [6.45, 7) is 2.50. The number of benzene rings is 2. The van der Waals surface area contributed by atoms with Crippen LogP contribution in [-0.4, -0.2) is 11.1 Å².